The Hall–Kier alpha value is -0.860. The van der Waals surface area contributed by atoms with Crippen LogP contribution in [0.1, 0.15) is 11.1 Å². The van der Waals surface area contributed by atoms with Crippen molar-refractivity contribution in [1.82, 2.24) is 0 Å². The second kappa shape index (κ2) is 4.58. The Labute approximate surface area is 85.3 Å². The number of methoxy groups -OCH3 is 1. The van der Waals surface area contributed by atoms with Crippen LogP contribution < -0.4 is 5.32 Å². The molecule has 0 fully saturated rings. The fourth-order valence-electron chi connectivity index (χ4n) is 2.18. The van der Waals surface area contributed by atoms with Crippen LogP contribution in [-0.4, -0.2) is 26.3 Å². The molecule has 0 unspecified atom stereocenters. The van der Waals surface area contributed by atoms with Crippen LogP contribution in [0.2, 0.25) is 0 Å². The van der Waals surface area contributed by atoms with Crippen molar-refractivity contribution in [1.29, 1.82) is 0 Å². The normalized spacial score (nSPS) is 15.8. The lowest BCUT2D eigenvalue weighted by Gasteiger charge is -2.07. The van der Waals surface area contributed by atoms with Gasteiger partial charge in [-0.05, 0) is 11.1 Å². The summed E-state index contributed by atoms with van der Waals surface area (Å²) in [4.78, 5) is 0. The zero-order valence-corrected chi connectivity index (χ0v) is 8.70. The van der Waals surface area contributed by atoms with Gasteiger partial charge in [0.2, 0.25) is 0 Å². The molecule has 0 atom stereocenters. The number of nitrogens with two attached hydrogens (primary N) is 1. The highest BCUT2D eigenvalue weighted by Gasteiger charge is 2.22. The van der Waals surface area contributed by atoms with E-state index < -0.39 is 0 Å². The maximum absolute atomic E-state index is 5.05. The molecule has 2 heteroatoms. The molecule has 1 aromatic rings. The third-order valence-electron chi connectivity index (χ3n) is 2.90. The Kier molecular flexibility index (Phi) is 3.17. The Morgan fingerprint density at radius 1 is 1.29 bits per heavy atom. The molecule has 0 bridgehead atoms. The summed E-state index contributed by atoms with van der Waals surface area (Å²) in [6, 6.07) is 9.51. The summed E-state index contributed by atoms with van der Waals surface area (Å²) >= 11 is 0. The molecule has 0 aromatic heterocycles. The molecule has 14 heavy (non-hydrogen) atoms. The minimum atomic E-state index is 0.738. The minimum absolute atomic E-state index is 0.738. The number of hydrogen-bond acceptors (Lipinski definition) is 1. The van der Waals surface area contributed by atoms with Crippen molar-refractivity contribution >= 4 is 0 Å². The number of rotatable bonds is 4. The van der Waals surface area contributed by atoms with E-state index in [0.717, 1.165) is 19.2 Å². The fraction of sp³-hybridized carbons (Fsp3) is 0.500. The Morgan fingerprint density at radius 2 is 1.93 bits per heavy atom. The average molecular weight is 192 g/mol. The summed E-state index contributed by atoms with van der Waals surface area (Å²) < 4.78 is 5.05. The van der Waals surface area contributed by atoms with Crippen LogP contribution in [-0.2, 0) is 17.6 Å². The molecule has 0 aliphatic heterocycles. The molecule has 0 saturated carbocycles. The van der Waals surface area contributed by atoms with Crippen molar-refractivity contribution in [3.63, 3.8) is 0 Å². The van der Waals surface area contributed by atoms with Crippen LogP contribution in [0.3, 0.4) is 0 Å². The average Bonchev–Trinajstić information content (AvgIpc) is 2.60. The van der Waals surface area contributed by atoms with Crippen LogP contribution in [0, 0.1) is 0 Å². The summed E-state index contributed by atoms with van der Waals surface area (Å²) in [5.41, 5.74) is 3.07. The van der Waals surface area contributed by atoms with Gasteiger partial charge in [0, 0.05) is 20.0 Å². The third-order valence-corrected chi connectivity index (χ3v) is 2.90. The zero-order valence-electron chi connectivity index (χ0n) is 8.70. The van der Waals surface area contributed by atoms with Gasteiger partial charge in [0.1, 0.15) is 0 Å². The topological polar surface area (TPSA) is 25.8 Å². The second-order valence-corrected chi connectivity index (χ2v) is 3.95. The number of hydrogen-bond donors (Lipinski definition) is 1. The molecule has 2 N–H and O–H groups in total. The standard InChI is InChI=1S/C12H17NO/c1-14-7-6-13-12-8-10-4-2-3-5-11(10)9-12/h2-5,12-13H,6-9H2,1H3/p+1. The van der Waals surface area contributed by atoms with Crippen LogP contribution in [0.15, 0.2) is 24.3 Å². The van der Waals surface area contributed by atoms with Gasteiger partial charge in [-0.3, -0.25) is 0 Å². The molecule has 1 aromatic carbocycles. The maximum Gasteiger partial charge on any atom is 0.0995 e. The molecule has 0 heterocycles. The van der Waals surface area contributed by atoms with E-state index >= 15 is 0 Å². The van der Waals surface area contributed by atoms with Gasteiger partial charge in [0.05, 0.1) is 19.2 Å². The summed E-state index contributed by atoms with van der Waals surface area (Å²) in [6.07, 6.45) is 2.44. The third kappa shape index (κ3) is 2.14. The summed E-state index contributed by atoms with van der Waals surface area (Å²) in [6.45, 7) is 1.93. The zero-order chi connectivity index (χ0) is 9.80. The monoisotopic (exact) mass is 192 g/mol. The predicted molar refractivity (Wildman–Crippen MR) is 56.3 cm³/mol. The predicted octanol–water partition coefficient (Wildman–Crippen LogP) is 0.364. The van der Waals surface area contributed by atoms with Gasteiger partial charge in [0.15, 0.2) is 0 Å². The van der Waals surface area contributed by atoms with Gasteiger partial charge in [-0.1, -0.05) is 24.3 Å². The molecule has 0 radical (unpaired) electrons. The Bertz CT molecular complexity index is 273. The van der Waals surface area contributed by atoms with E-state index in [1.54, 1.807) is 7.11 Å². The molecule has 1 aliphatic carbocycles. The van der Waals surface area contributed by atoms with Gasteiger partial charge in [0.25, 0.3) is 0 Å². The SMILES string of the molecule is COCC[NH2+]C1Cc2ccccc2C1. The van der Waals surface area contributed by atoms with Gasteiger partial charge in [-0.2, -0.15) is 0 Å². The molecular formula is C12H18NO+. The molecule has 0 saturated heterocycles. The first-order valence-corrected chi connectivity index (χ1v) is 5.29. The number of quaternary nitrogens is 1. The van der Waals surface area contributed by atoms with Gasteiger partial charge >= 0.3 is 0 Å². The number of fused-ring (bicyclic) bond motifs is 1. The van der Waals surface area contributed by atoms with Crippen molar-refractivity contribution in [3.05, 3.63) is 35.4 Å². The van der Waals surface area contributed by atoms with E-state index in [0.29, 0.717) is 0 Å². The largest absolute Gasteiger partial charge is 0.379 e. The first-order valence-electron chi connectivity index (χ1n) is 5.29. The first-order chi connectivity index (χ1) is 6.90. The fourth-order valence-corrected chi connectivity index (χ4v) is 2.18. The number of ether oxygens (including phenoxy) is 1. The molecule has 0 spiro atoms. The lowest BCUT2D eigenvalue weighted by molar-refractivity contribution is -0.688. The molecule has 76 valence electrons. The van der Waals surface area contributed by atoms with E-state index in [1.807, 2.05) is 0 Å². The van der Waals surface area contributed by atoms with E-state index in [4.69, 9.17) is 4.74 Å². The van der Waals surface area contributed by atoms with Crippen LogP contribution >= 0.6 is 0 Å². The summed E-state index contributed by atoms with van der Waals surface area (Å²) in [7, 11) is 1.76. The second-order valence-electron chi connectivity index (χ2n) is 3.95. The van der Waals surface area contributed by atoms with E-state index in [-0.39, 0.29) is 0 Å². The van der Waals surface area contributed by atoms with E-state index in [1.165, 1.54) is 24.0 Å². The highest BCUT2D eigenvalue weighted by atomic mass is 16.5. The Morgan fingerprint density at radius 3 is 2.50 bits per heavy atom. The molecule has 1 aliphatic rings. The maximum atomic E-state index is 5.05. The quantitative estimate of drug-likeness (QED) is 0.685. The van der Waals surface area contributed by atoms with Crippen LogP contribution in [0.4, 0.5) is 0 Å². The molecule has 2 nitrogen and oxygen atoms in total. The number of benzene rings is 1. The lowest BCUT2D eigenvalue weighted by atomic mass is 10.1. The molecule has 2 rings (SSSR count). The van der Waals surface area contributed by atoms with E-state index in [2.05, 4.69) is 29.6 Å². The smallest absolute Gasteiger partial charge is 0.0995 e. The van der Waals surface area contributed by atoms with Gasteiger partial charge in [-0.25, -0.2) is 0 Å². The summed E-state index contributed by atoms with van der Waals surface area (Å²) in [5, 5.41) is 2.41. The van der Waals surface area contributed by atoms with E-state index in [9.17, 15) is 0 Å². The van der Waals surface area contributed by atoms with Crippen molar-refractivity contribution in [2.75, 3.05) is 20.3 Å². The van der Waals surface area contributed by atoms with Crippen molar-refractivity contribution < 1.29 is 10.1 Å². The van der Waals surface area contributed by atoms with Gasteiger partial charge < -0.3 is 10.1 Å². The molecule has 0 amide bonds. The summed E-state index contributed by atoms with van der Waals surface area (Å²) in [5.74, 6) is 0. The van der Waals surface area contributed by atoms with Gasteiger partial charge in [-0.15, -0.1) is 0 Å². The van der Waals surface area contributed by atoms with Crippen LogP contribution in [0.25, 0.3) is 0 Å². The van der Waals surface area contributed by atoms with Crippen molar-refractivity contribution in [3.8, 4) is 0 Å². The van der Waals surface area contributed by atoms with Crippen LogP contribution in [0.5, 0.6) is 0 Å². The van der Waals surface area contributed by atoms with Crippen molar-refractivity contribution in [2.45, 2.75) is 18.9 Å². The lowest BCUT2D eigenvalue weighted by Crippen LogP contribution is -2.91. The highest BCUT2D eigenvalue weighted by molar-refractivity contribution is 5.32. The minimum Gasteiger partial charge on any atom is -0.379 e. The highest BCUT2D eigenvalue weighted by Crippen LogP contribution is 2.19. The van der Waals surface area contributed by atoms with Crippen molar-refractivity contribution in [2.24, 2.45) is 0 Å². The molecular weight excluding hydrogens is 174 g/mol. The first kappa shape index (κ1) is 9.69. The Balaban J connectivity index is 1.86.